The number of oxazole rings is 1. The van der Waals surface area contributed by atoms with Gasteiger partial charge < -0.3 is 15.1 Å². The van der Waals surface area contributed by atoms with E-state index in [4.69, 9.17) is 4.42 Å². The lowest BCUT2D eigenvalue weighted by atomic mass is 10.3. The molecule has 0 aliphatic carbocycles. The first-order valence-electron chi connectivity index (χ1n) is 7.46. The summed E-state index contributed by atoms with van der Waals surface area (Å²) in [6, 6.07) is 5.94. The van der Waals surface area contributed by atoms with Gasteiger partial charge in [-0.05, 0) is 39.8 Å². The number of hydrogen-bond donors (Lipinski definition) is 2. The Morgan fingerprint density at radius 2 is 2.00 bits per heavy atom. The van der Waals surface area contributed by atoms with Crippen LogP contribution in [0.15, 0.2) is 27.6 Å². The Labute approximate surface area is 131 Å². The van der Waals surface area contributed by atoms with Gasteiger partial charge in [-0.3, -0.25) is 4.98 Å². The van der Waals surface area contributed by atoms with Gasteiger partial charge in [0.1, 0.15) is 5.76 Å². The van der Waals surface area contributed by atoms with Gasteiger partial charge in [0.05, 0.1) is 24.5 Å². The van der Waals surface area contributed by atoms with Crippen molar-refractivity contribution >= 4 is 5.96 Å². The number of aryl methyl sites for hydroxylation is 3. The highest BCUT2D eigenvalue weighted by molar-refractivity contribution is 5.79. The van der Waals surface area contributed by atoms with Crippen molar-refractivity contribution in [2.45, 2.75) is 40.8 Å². The van der Waals surface area contributed by atoms with Crippen LogP contribution in [0.2, 0.25) is 0 Å². The topological polar surface area (TPSA) is 75.3 Å². The second-order valence-electron chi connectivity index (χ2n) is 5.07. The summed E-state index contributed by atoms with van der Waals surface area (Å²) in [5.41, 5.74) is 2.86. The van der Waals surface area contributed by atoms with Gasteiger partial charge in [-0.15, -0.1) is 0 Å². The van der Waals surface area contributed by atoms with E-state index in [1.165, 1.54) is 0 Å². The largest absolute Gasteiger partial charge is 0.444 e. The molecule has 2 aromatic heterocycles. The van der Waals surface area contributed by atoms with Crippen molar-refractivity contribution in [1.29, 1.82) is 0 Å². The average Bonchev–Trinajstić information content (AvgIpc) is 2.81. The van der Waals surface area contributed by atoms with E-state index in [0.717, 1.165) is 35.3 Å². The number of pyridine rings is 1. The van der Waals surface area contributed by atoms with Crippen LogP contribution in [-0.4, -0.2) is 22.5 Å². The number of rotatable bonds is 5. The Bertz CT molecular complexity index is 628. The van der Waals surface area contributed by atoms with Crippen LogP contribution < -0.4 is 10.6 Å². The summed E-state index contributed by atoms with van der Waals surface area (Å²) in [7, 11) is 0. The number of aromatic nitrogens is 2. The fourth-order valence-electron chi connectivity index (χ4n) is 1.96. The summed E-state index contributed by atoms with van der Waals surface area (Å²) in [5, 5.41) is 6.42. The summed E-state index contributed by atoms with van der Waals surface area (Å²) >= 11 is 0. The van der Waals surface area contributed by atoms with Crippen LogP contribution >= 0.6 is 0 Å². The van der Waals surface area contributed by atoms with Crippen LogP contribution in [0.3, 0.4) is 0 Å². The lowest BCUT2D eigenvalue weighted by molar-refractivity contribution is 0.463. The third-order valence-corrected chi connectivity index (χ3v) is 3.17. The summed E-state index contributed by atoms with van der Waals surface area (Å²) < 4.78 is 5.55. The Hall–Kier alpha value is -2.37. The Kier molecular flexibility index (Phi) is 5.52. The number of hydrogen-bond acceptors (Lipinski definition) is 4. The third-order valence-electron chi connectivity index (χ3n) is 3.17. The first-order chi connectivity index (χ1) is 10.6. The minimum atomic E-state index is 0.502. The van der Waals surface area contributed by atoms with E-state index in [1.54, 1.807) is 0 Å². The fraction of sp³-hybridized carbons (Fsp3) is 0.438. The molecule has 6 heteroatoms. The second kappa shape index (κ2) is 7.59. The van der Waals surface area contributed by atoms with Crippen LogP contribution in [0, 0.1) is 20.8 Å². The lowest BCUT2D eigenvalue weighted by Gasteiger charge is -2.09. The molecule has 0 aromatic carbocycles. The lowest BCUT2D eigenvalue weighted by Crippen LogP contribution is -2.36. The van der Waals surface area contributed by atoms with Crippen molar-refractivity contribution in [2.24, 2.45) is 4.99 Å². The maximum Gasteiger partial charge on any atom is 0.214 e. The summed E-state index contributed by atoms with van der Waals surface area (Å²) in [4.78, 5) is 13.3. The van der Waals surface area contributed by atoms with E-state index in [2.05, 4.69) is 25.6 Å². The molecule has 0 saturated heterocycles. The SMILES string of the molecule is CCNC(=NCc1cccc(C)n1)NCc1nc(C)c(C)o1. The minimum absolute atomic E-state index is 0.502. The molecule has 2 N–H and O–H groups in total. The van der Waals surface area contributed by atoms with Crippen LogP contribution in [-0.2, 0) is 13.1 Å². The van der Waals surface area contributed by atoms with E-state index >= 15 is 0 Å². The highest BCUT2D eigenvalue weighted by atomic mass is 16.4. The molecule has 0 aliphatic heterocycles. The van der Waals surface area contributed by atoms with Crippen LogP contribution in [0.4, 0.5) is 0 Å². The summed E-state index contributed by atoms with van der Waals surface area (Å²) in [5.74, 6) is 2.23. The molecule has 0 radical (unpaired) electrons. The van der Waals surface area contributed by atoms with E-state index in [1.807, 2.05) is 45.9 Å². The van der Waals surface area contributed by atoms with E-state index < -0.39 is 0 Å². The number of guanidine groups is 1. The second-order valence-corrected chi connectivity index (χ2v) is 5.07. The normalized spacial score (nSPS) is 11.5. The van der Waals surface area contributed by atoms with Gasteiger partial charge in [0.25, 0.3) is 0 Å². The minimum Gasteiger partial charge on any atom is -0.444 e. The number of nitrogens with zero attached hydrogens (tertiary/aromatic N) is 3. The van der Waals surface area contributed by atoms with Crippen molar-refractivity contribution in [3.8, 4) is 0 Å². The molecule has 2 rings (SSSR count). The van der Waals surface area contributed by atoms with Crippen molar-refractivity contribution < 1.29 is 4.42 Å². The first kappa shape index (κ1) is 16.0. The first-order valence-corrected chi connectivity index (χ1v) is 7.46. The zero-order valence-electron chi connectivity index (χ0n) is 13.6. The monoisotopic (exact) mass is 301 g/mol. The smallest absolute Gasteiger partial charge is 0.214 e. The molecule has 2 heterocycles. The van der Waals surface area contributed by atoms with Gasteiger partial charge in [-0.25, -0.2) is 9.98 Å². The van der Waals surface area contributed by atoms with Gasteiger partial charge >= 0.3 is 0 Å². The zero-order valence-corrected chi connectivity index (χ0v) is 13.6. The molecule has 2 aromatic rings. The molecular formula is C16H23N5O. The predicted octanol–water partition coefficient (Wildman–Crippen LogP) is 2.25. The Balaban J connectivity index is 1.97. The number of nitrogens with one attached hydrogen (secondary N) is 2. The predicted molar refractivity (Wildman–Crippen MR) is 86.6 cm³/mol. The maximum atomic E-state index is 5.55. The molecule has 0 aliphatic rings. The van der Waals surface area contributed by atoms with E-state index in [0.29, 0.717) is 19.0 Å². The van der Waals surface area contributed by atoms with Gasteiger partial charge in [0, 0.05) is 12.2 Å². The molecule has 0 atom stereocenters. The van der Waals surface area contributed by atoms with E-state index in [-0.39, 0.29) is 0 Å². The highest BCUT2D eigenvalue weighted by Gasteiger charge is 2.06. The molecule has 0 amide bonds. The average molecular weight is 301 g/mol. The number of aliphatic imine (C=N–C) groups is 1. The van der Waals surface area contributed by atoms with Crippen LogP contribution in [0.5, 0.6) is 0 Å². The molecule has 0 spiro atoms. The van der Waals surface area contributed by atoms with Gasteiger partial charge in [-0.1, -0.05) is 6.07 Å². The van der Waals surface area contributed by atoms with Crippen LogP contribution in [0.25, 0.3) is 0 Å². The molecule has 0 fully saturated rings. The molecular weight excluding hydrogens is 278 g/mol. The molecule has 0 saturated carbocycles. The highest BCUT2D eigenvalue weighted by Crippen LogP contribution is 2.07. The zero-order chi connectivity index (χ0) is 15.9. The van der Waals surface area contributed by atoms with Crippen molar-refractivity contribution in [3.05, 3.63) is 46.9 Å². The van der Waals surface area contributed by atoms with Crippen molar-refractivity contribution in [2.75, 3.05) is 6.54 Å². The Morgan fingerprint density at radius 3 is 2.64 bits per heavy atom. The van der Waals surface area contributed by atoms with Crippen LogP contribution in [0.1, 0.15) is 35.7 Å². The maximum absolute atomic E-state index is 5.55. The van der Waals surface area contributed by atoms with E-state index in [9.17, 15) is 0 Å². The molecule has 0 unspecified atom stereocenters. The standard InChI is InChI=1S/C16H23N5O/c1-5-17-16(18-9-14-8-6-7-11(2)20-14)19-10-15-21-12(3)13(4)22-15/h6-8H,5,9-10H2,1-4H3,(H2,17,18,19). The molecule has 6 nitrogen and oxygen atoms in total. The van der Waals surface area contributed by atoms with Gasteiger partial charge in [-0.2, -0.15) is 0 Å². The third kappa shape index (κ3) is 4.58. The molecule has 118 valence electrons. The van der Waals surface area contributed by atoms with Crippen molar-refractivity contribution in [3.63, 3.8) is 0 Å². The quantitative estimate of drug-likeness (QED) is 0.654. The molecule has 0 bridgehead atoms. The molecule has 22 heavy (non-hydrogen) atoms. The van der Waals surface area contributed by atoms with Crippen molar-refractivity contribution in [1.82, 2.24) is 20.6 Å². The Morgan fingerprint density at radius 1 is 1.18 bits per heavy atom. The summed E-state index contributed by atoms with van der Waals surface area (Å²) in [6.45, 7) is 9.67. The summed E-state index contributed by atoms with van der Waals surface area (Å²) in [6.07, 6.45) is 0. The fourth-order valence-corrected chi connectivity index (χ4v) is 1.96. The van der Waals surface area contributed by atoms with Gasteiger partial charge in [0.2, 0.25) is 5.89 Å². The van der Waals surface area contributed by atoms with Gasteiger partial charge in [0.15, 0.2) is 5.96 Å².